The molecule has 0 aromatic heterocycles. The Balaban J connectivity index is 1.99. The number of aliphatic hydroxyl groups is 2. The number of hydrogen-bond acceptors (Lipinski definition) is 4. The van der Waals surface area contributed by atoms with E-state index in [1.807, 2.05) is 30.3 Å². The Labute approximate surface area is 116 Å². The van der Waals surface area contributed by atoms with Crippen molar-refractivity contribution in [2.24, 2.45) is 5.73 Å². The van der Waals surface area contributed by atoms with Gasteiger partial charge in [-0.25, -0.2) is 0 Å². The number of benzene rings is 1. The molecule has 6 heteroatoms. The molecule has 1 aliphatic heterocycles. The van der Waals surface area contributed by atoms with Gasteiger partial charge in [0.25, 0.3) is 0 Å². The van der Waals surface area contributed by atoms with Crippen molar-refractivity contribution in [2.45, 2.75) is 31.1 Å². The lowest BCUT2D eigenvalue weighted by atomic mass is 10.1. The lowest BCUT2D eigenvalue weighted by Gasteiger charge is -2.23. The second-order valence-corrected chi connectivity index (χ2v) is 4.94. The summed E-state index contributed by atoms with van der Waals surface area (Å²) in [6.07, 6.45) is -1.71. The number of amides is 2. The van der Waals surface area contributed by atoms with Crippen molar-refractivity contribution in [3.63, 3.8) is 0 Å². The van der Waals surface area contributed by atoms with Crippen LogP contribution in [0.25, 0.3) is 0 Å². The number of carbonyl (C=O) groups is 2. The van der Waals surface area contributed by atoms with Gasteiger partial charge in [-0.3, -0.25) is 9.59 Å². The molecule has 1 aliphatic rings. The van der Waals surface area contributed by atoms with E-state index >= 15 is 0 Å². The molecular formula is C14H18N2O4. The molecule has 4 N–H and O–H groups in total. The third-order valence-corrected chi connectivity index (χ3v) is 3.52. The molecule has 2 amide bonds. The summed E-state index contributed by atoms with van der Waals surface area (Å²) < 4.78 is 0. The Bertz CT molecular complexity index is 491. The first-order chi connectivity index (χ1) is 9.50. The van der Waals surface area contributed by atoms with Crippen LogP contribution >= 0.6 is 0 Å². The number of rotatable bonds is 4. The fraction of sp³-hybridized carbons (Fsp3) is 0.429. The van der Waals surface area contributed by atoms with Gasteiger partial charge < -0.3 is 20.8 Å². The summed E-state index contributed by atoms with van der Waals surface area (Å²) >= 11 is 0. The third-order valence-electron chi connectivity index (χ3n) is 3.52. The molecule has 0 aliphatic carbocycles. The molecule has 1 fully saturated rings. The van der Waals surface area contributed by atoms with Crippen LogP contribution in [0.1, 0.15) is 12.0 Å². The van der Waals surface area contributed by atoms with Crippen LogP contribution in [0.15, 0.2) is 30.3 Å². The van der Waals surface area contributed by atoms with Crippen LogP contribution in [0.4, 0.5) is 0 Å². The Morgan fingerprint density at radius 3 is 2.50 bits per heavy atom. The zero-order valence-corrected chi connectivity index (χ0v) is 11.0. The van der Waals surface area contributed by atoms with E-state index in [1.165, 1.54) is 4.90 Å². The zero-order valence-electron chi connectivity index (χ0n) is 11.0. The van der Waals surface area contributed by atoms with E-state index < -0.39 is 24.2 Å². The maximum Gasteiger partial charge on any atom is 0.243 e. The van der Waals surface area contributed by atoms with Gasteiger partial charge in [0.1, 0.15) is 12.1 Å². The Kier molecular flexibility index (Phi) is 4.36. The van der Waals surface area contributed by atoms with Crippen LogP contribution in [0.2, 0.25) is 0 Å². The highest BCUT2D eigenvalue weighted by molar-refractivity contribution is 5.88. The van der Waals surface area contributed by atoms with Crippen molar-refractivity contribution in [3.05, 3.63) is 35.9 Å². The molecule has 0 spiro atoms. The van der Waals surface area contributed by atoms with Crippen LogP contribution in [0, 0.1) is 0 Å². The molecule has 0 bridgehead atoms. The number of hydrogen-bond donors (Lipinski definition) is 3. The van der Waals surface area contributed by atoms with Crippen LogP contribution in [-0.4, -0.2) is 51.7 Å². The van der Waals surface area contributed by atoms with Gasteiger partial charge in [0, 0.05) is 6.42 Å². The Morgan fingerprint density at radius 2 is 1.90 bits per heavy atom. The molecule has 1 heterocycles. The Morgan fingerprint density at radius 1 is 1.25 bits per heavy atom. The summed E-state index contributed by atoms with van der Waals surface area (Å²) in [6.45, 7) is -0.0671. The number of primary amides is 1. The van der Waals surface area contributed by atoms with Gasteiger partial charge in [-0.05, 0) is 12.0 Å². The average molecular weight is 278 g/mol. The molecule has 0 radical (unpaired) electrons. The van der Waals surface area contributed by atoms with Gasteiger partial charge in [-0.15, -0.1) is 0 Å². The second-order valence-electron chi connectivity index (χ2n) is 4.94. The smallest absolute Gasteiger partial charge is 0.243 e. The SMILES string of the molecule is NC(=O)C1C(O)C(O)CN1C(=O)CCc1ccccc1. The summed E-state index contributed by atoms with van der Waals surface area (Å²) in [4.78, 5) is 24.6. The lowest BCUT2D eigenvalue weighted by molar-refractivity contribution is -0.139. The molecule has 1 aromatic rings. The predicted octanol–water partition coefficient (Wildman–Crippen LogP) is -0.963. The fourth-order valence-corrected chi connectivity index (χ4v) is 2.44. The van der Waals surface area contributed by atoms with Crippen LogP contribution in [0.3, 0.4) is 0 Å². The van der Waals surface area contributed by atoms with E-state index in [0.717, 1.165) is 5.56 Å². The molecule has 6 nitrogen and oxygen atoms in total. The normalized spacial score (nSPS) is 25.7. The zero-order chi connectivity index (χ0) is 14.7. The predicted molar refractivity (Wildman–Crippen MR) is 71.5 cm³/mol. The van der Waals surface area contributed by atoms with Gasteiger partial charge in [-0.2, -0.15) is 0 Å². The number of likely N-dealkylation sites (tertiary alicyclic amines) is 1. The first-order valence-electron chi connectivity index (χ1n) is 6.49. The summed E-state index contributed by atoms with van der Waals surface area (Å²) in [5, 5.41) is 19.3. The molecule has 1 aromatic carbocycles. The van der Waals surface area contributed by atoms with E-state index in [-0.39, 0.29) is 18.9 Å². The summed E-state index contributed by atoms with van der Waals surface area (Å²) in [6, 6.07) is 8.33. The molecule has 3 unspecified atom stereocenters. The maximum absolute atomic E-state index is 12.1. The number of β-amino-alcohol motifs (C(OH)–C–C–N with tert-alkyl or cyclic N) is 1. The van der Waals surface area contributed by atoms with Crippen molar-refractivity contribution < 1.29 is 19.8 Å². The topological polar surface area (TPSA) is 104 Å². The molecule has 20 heavy (non-hydrogen) atoms. The van der Waals surface area contributed by atoms with Crippen LogP contribution in [-0.2, 0) is 16.0 Å². The van der Waals surface area contributed by atoms with E-state index in [0.29, 0.717) is 6.42 Å². The van der Waals surface area contributed by atoms with E-state index in [2.05, 4.69) is 0 Å². The van der Waals surface area contributed by atoms with Crippen molar-refractivity contribution in [1.29, 1.82) is 0 Å². The second kappa shape index (κ2) is 6.02. The van der Waals surface area contributed by atoms with E-state index in [1.54, 1.807) is 0 Å². The van der Waals surface area contributed by atoms with Crippen molar-refractivity contribution in [3.8, 4) is 0 Å². The number of carbonyl (C=O) groups excluding carboxylic acids is 2. The van der Waals surface area contributed by atoms with E-state index in [9.17, 15) is 19.8 Å². The number of aliphatic hydroxyl groups excluding tert-OH is 2. The minimum Gasteiger partial charge on any atom is -0.388 e. The summed E-state index contributed by atoms with van der Waals surface area (Å²) in [5.74, 6) is -1.10. The minimum atomic E-state index is -1.31. The molecule has 2 rings (SSSR count). The quantitative estimate of drug-likeness (QED) is 0.659. The van der Waals surface area contributed by atoms with Gasteiger partial charge in [0.05, 0.1) is 12.6 Å². The van der Waals surface area contributed by atoms with Crippen molar-refractivity contribution in [1.82, 2.24) is 4.90 Å². The van der Waals surface area contributed by atoms with Gasteiger partial charge >= 0.3 is 0 Å². The number of nitrogens with two attached hydrogens (primary N) is 1. The summed E-state index contributed by atoms with van der Waals surface area (Å²) in [7, 11) is 0. The molecule has 108 valence electrons. The third kappa shape index (κ3) is 2.97. The average Bonchev–Trinajstić information content (AvgIpc) is 2.73. The van der Waals surface area contributed by atoms with Gasteiger partial charge in [0.15, 0.2) is 0 Å². The molecule has 3 atom stereocenters. The van der Waals surface area contributed by atoms with Crippen LogP contribution < -0.4 is 5.73 Å². The van der Waals surface area contributed by atoms with Crippen molar-refractivity contribution >= 4 is 11.8 Å². The highest BCUT2D eigenvalue weighted by Gasteiger charge is 2.45. The maximum atomic E-state index is 12.1. The first kappa shape index (κ1) is 14.5. The molecule has 1 saturated heterocycles. The number of aryl methyl sites for hydroxylation is 1. The van der Waals surface area contributed by atoms with Gasteiger partial charge in [-0.1, -0.05) is 30.3 Å². The molecular weight excluding hydrogens is 260 g/mol. The summed E-state index contributed by atoms with van der Waals surface area (Å²) in [5.41, 5.74) is 6.19. The first-order valence-corrected chi connectivity index (χ1v) is 6.49. The van der Waals surface area contributed by atoms with Gasteiger partial charge in [0.2, 0.25) is 11.8 Å². The van der Waals surface area contributed by atoms with Crippen molar-refractivity contribution in [2.75, 3.05) is 6.54 Å². The highest BCUT2D eigenvalue weighted by Crippen LogP contribution is 2.20. The monoisotopic (exact) mass is 278 g/mol. The minimum absolute atomic E-state index is 0.0671. The molecule has 0 saturated carbocycles. The lowest BCUT2D eigenvalue weighted by Crippen LogP contribution is -2.48. The largest absolute Gasteiger partial charge is 0.388 e. The standard InChI is InChI=1S/C14H18N2O4/c15-14(20)12-13(19)10(17)8-16(12)11(18)7-6-9-4-2-1-3-5-9/h1-5,10,12-13,17,19H,6-8H2,(H2,15,20). The van der Waals surface area contributed by atoms with E-state index in [4.69, 9.17) is 5.73 Å². The highest BCUT2D eigenvalue weighted by atomic mass is 16.3. The van der Waals surface area contributed by atoms with Crippen LogP contribution in [0.5, 0.6) is 0 Å². The number of nitrogens with zero attached hydrogens (tertiary/aromatic N) is 1. The fourth-order valence-electron chi connectivity index (χ4n) is 2.44. The Hall–Kier alpha value is -1.92.